The van der Waals surface area contributed by atoms with Gasteiger partial charge >= 0.3 is 0 Å². The fraction of sp³-hybridized carbons (Fsp3) is 1.00. The molecule has 0 saturated carbocycles. The second kappa shape index (κ2) is 8.43. The Labute approximate surface area is 98.5 Å². The van der Waals surface area contributed by atoms with Crippen molar-refractivity contribution in [3.8, 4) is 0 Å². The third kappa shape index (κ3) is 5.79. The van der Waals surface area contributed by atoms with Crippen molar-refractivity contribution < 1.29 is 4.74 Å². The maximum Gasteiger partial charge on any atom is 0.0589 e. The molecule has 0 radical (unpaired) electrons. The third-order valence-corrected chi connectivity index (χ3v) is 3.63. The summed E-state index contributed by atoms with van der Waals surface area (Å²) in [5.41, 5.74) is 0. The number of hydrogen-bond acceptors (Lipinski definition) is 3. The topological polar surface area (TPSA) is 21.3 Å². The van der Waals surface area contributed by atoms with E-state index in [1.807, 2.05) is 11.8 Å². The van der Waals surface area contributed by atoms with Crippen molar-refractivity contribution in [2.24, 2.45) is 0 Å². The first-order valence-electron chi connectivity index (χ1n) is 6.20. The van der Waals surface area contributed by atoms with Gasteiger partial charge in [-0.3, -0.25) is 0 Å². The van der Waals surface area contributed by atoms with Crippen LogP contribution in [-0.2, 0) is 4.74 Å². The molecule has 1 aliphatic rings. The van der Waals surface area contributed by atoms with E-state index >= 15 is 0 Å². The highest BCUT2D eigenvalue weighted by Gasteiger charge is 2.20. The Hall–Kier alpha value is 0.270. The van der Waals surface area contributed by atoms with E-state index in [1.54, 1.807) is 0 Å². The lowest BCUT2D eigenvalue weighted by molar-refractivity contribution is -0.00303. The minimum Gasteiger partial charge on any atom is -0.378 e. The van der Waals surface area contributed by atoms with E-state index < -0.39 is 0 Å². The average Bonchev–Trinajstić information content (AvgIpc) is 2.26. The first kappa shape index (κ1) is 13.3. The molecule has 2 nitrogen and oxygen atoms in total. The zero-order valence-corrected chi connectivity index (χ0v) is 10.9. The predicted octanol–water partition coefficient (Wildman–Crippen LogP) is 2.68. The van der Waals surface area contributed by atoms with Gasteiger partial charge < -0.3 is 10.1 Å². The summed E-state index contributed by atoms with van der Waals surface area (Å²) in [4.78, 5) is 0. The lowest BCUT2D eigenvalue weighted by Crippen LogP contribution is -2.39. The van der Waals surface area contributed by atoms with Gasteiger partial charge in [-0.1, -0.05) is 13.3 Å². The van der Waals surface area contributed by atoms with Crippen molar-refractivity contribution in [3.05, 3.63) is 0 Å². The number of nitrogens with one attached hydrogen (secondary N) is 1. The number of hydrogen-bond donors (Lipinski definition) is 1. The first-order valence-corrected chi connectivity index (χ1v) is 7.60. The quantitative estimate of drug-likeness (QED) is 0.681. The second-order valence-corrected chi connectivity index (χ2v) is 5.29. The Balaban J connectivity index is 2.07. The lowest BCUT2D eigenvalue weighted by Gasteiger charge is -2.30. The molecule has 1 fully saturated rings. The SMILES string of the molecule is CCCC1CC(NCCCSC)CCO1. The molecular formula is C12H25NOS. The van der Waals surface area contributed by atoms with Crippen molar-refractivity contribution in [1.29, 1.82) is 0 Å². The molecule has 1 heterocycles. The van der Waals surface area contributed by atoms with Gasteiger partial charge in [-0.2, -0.15) is 11.8 Å². The third-order valence-electron chi connectivity index (χ3n) is 2.94. The standard InChI is InChI=1S/C12H25NOS/c1-3-5-12-10-11(6-8-14-12)13-7-4-9-15-2/h11-13H,3-10H2,1-2H3. The highest BCUT2D eigenvalue weighted by atomic mass is 32.2. The van der Waals surface area contributed by atoms with Crippen LogP contribution in [0.25, 0.3) is 0 Å². The minimum atomic E-state index is 0.516. The largest absolute Gasteiger partial charge is 0.378 e. The molecule has 2 unspecified atom stereocenters. The maximum absolute atomic E-state index is 5.73. The van der Waals surface area contributed by atoms with E-state index in [-0.39, 0.29) is 0 Å². The fourth-order valence-corrected chi connectivity index (χ4v) is 2.54. The molecule has 0 amide bonds. The van der Waals surface area contributed by atoms with Gasteiger partial charge in [0.2, 0.25) is 0 Å². The van der Waals surface area contributed by atoms with E-state index in [0.717, 1.165) is 6.61 Å². The van der Waals surface area contributed by atoms with Crippen LogP contribution >= 0.6 is 11.8 Å². The molecule has 3 heteroatoms. The van der Waals surface area contributed by atoms with Gasteiger partial charge in [-0.25, -0.2) is 0 Å². The molecule has 90 valence electrons. The molecule has 15 heavy (non-hydrogen) atoms. The van der Waals surface area contributed by atoms with Crippen molar-refractivity contribution in [1.82, 2.24) is 5.32 Å². The molecule has 0 aromatic rings. The maximum atomic E-state index is 5.73. The van der Waals surface area contributed by atoms with E-state index in [4.69, 9.17) is 4.74 Å². The summed E-state index contributed by atoms with van der Waals surface area (Å²) in [7, 11) is 0. The Morgan fingerprint density at radius 3 is 3.07 bits per heavy atom. The van der Waals surface area contributed by atoms with Gasteiger partial charge in [0, 0.05) is 12.6 Å². The monoisotopic (exact) mass is 231 g/mol. The van der Waals surface area contributed by atoms with Crippen LogP contribution in [0.1, 0.15) is 39.0 Å². The van der Waals surface area contributed by atoms with Gasteiger partial charge in [0.1, 0.15) is 0 Å². The fourth-order valence-electron chi connectivity index (χ4n) is 2.11. The predicted molar refractivity (Wildman–Crippen MR) is 68.7 cm³/mol. The molecule has 0 aromatic carbocycles. The molecule has 1 rings (SSSR count). The minimum absolute atomic E-state index is 0.516. The summed E-state index contributed by atoms with van der Waals surface area (Å²) in [6.45, 7) is 4.36. The molecule has 0 aromatic heterocycles. The molecule has 1 aliphatic heterocycles. The van der Waals surface area contributed by atoms with Gasteiger partial charge in [-0.15, -0.1) is 0 Å². The van der Waals surface area contributed by atoms with Gasteiger partial charge in [0.25, 0.3) is 0 Å². The van der Waals surface area contributed by atoms with Crippen LogP contribution in [0.2, 0.25) is 0 Å². The van der Waals surface area contributed by atoms with Crippen molar-refractivity contribution >= 4 is 11.8 Å². The van der Waals surface area contributed by atoms with Gasteiger partial charge in [0.15, 0.2) is 0 Å². The zero-order valence-electron chi connectivity index (χ0n) is 10.1. The second-order valence-electron chi connectivity index (χ2n) is 4.30. The summed E-state index contributed by atoms with van der Waals surface area (Å²) in [6.07, 6.45) is 8.85. The normalized spacial score (nSPS) is 26.8. The molecule has 0 spiro atoms. The van der Waals surface area contributed by atoms with E-state index in [2.05, 4.69) is 18.5 Å². The van der Waals surface area contributed by atoms with E-state index in [0.29, 0.717) is 12.1 Å². The Morgan fingerprint density at radius 1 is 1.47 bits per heavy atom. The van der Waals surface area contributed by atoms with E-state index in [1.165, 1.54) is 44.4 Å². The number of rotatable bonds is 7. The van der Waals surface area contributed by atoms with Crippen LogP contribution in [0, 0.1) is 0 Å². The van der Waals surface area contributed by atoms with Crippen LogP contribution in [0.5, 0.6) is 0 Å². The molecular weight excluding hydrogens is 206 g/mol. The smallest absolute Gasteiger partial charge is 0.0589 e. The number of thioether (sulfide) groups is 1. The van der Waals surface area contributed by atoms with E-state index in [9.17, 15) is 0 Å². The molecule has 2 atom stereocenters. The van der Waals surface area contributed by atoms with Crippen LogP contribution in [0.4, 0.5) is 0 Å². The van der Waals surface area contributed by atoms with Crippen molar-refractivity contribution in [2.75, 3.05) is 25.2 Å². The van der Waals surface area contributed by atoms with Crippen LogP contribution in [-0.4, -0.2) is 37.3 Å². The Kier molecular flexibility index (Phi) is 7.49. The molecule has 0 aliphatic carbocycles. The van der Waals surface area contributed by atoms with Crippen molar-refractivity contribution in [2.45, 2.75) is 51.2 Å². The first-order chi connectivity index (χ1) is 7.36. The molecule has 1 N–H and O–H groups in total. The summed E-state index contributed by atoms with van der Waals surface area (Å²) in [5, 5.41) is 3.65. The summed E-state index contributed by atoms with van der Waals surface area (Å²) < 4.78 is 5.73. The van der Waals surface area contributed by atoms with Crippen LogP contribution in [0.15, 0.2) is 0 Å². The lowest BCUT2D eigenvalue weighted by atomic mass is 10.00. The Bertz CT molecular complexity index is 153. The van der Waals surface area contributed by atoms with Gasteiger partial charge in [0.05, 0.1) is 6.10 Å². The Morgan fingerprint density at radius 2 is 2.33 bits per heavy atom. The molecule has 0 bridgehead atoms. The molecule has 1 saturated heterocycles. The number of ether oxygens (including phenoxy) is 1. The van der Waals surface area contributed by atoms with Crippen LogP contribution in [0.3, 0.4) is 0 Å². The highest BCUT2D eigenvalue weighted by molar-refractivity contribution is 7.98. The average molecular weight is 231 g/mol. The van der Waals surface area contributed by atoms with Gasteiger partial charge in [-0.05, 0) is 44.2 Å². The van der Waals surface area contributed by atoms with Crippen molar-refractivity contribution in [3.63, 3.8) is 0 Å². The summed E-state index contributed by atoms with van der Waals surface area (Å²) in [5.74, 6) is 1.27. The summed E-state index contributed by atoms with van der Waals surface area (Å²) in [6, 6.07) is 0.706. The summed E-state index contributed by atoms with van der Waals surface area (Å²) >= 11 is 1.93. The zero-order chi connectivity index (χ0) is 10.9. The highest BCUT2D eigenvalue weighted by Crippen LogP contribution is 2.17. The van der Waals surface area contributed by atoms with Crippen LogP contribution < -0.4 is 5.32 Å².